The number of pyridine rings is 1. The molecule has 0 saturated heterocycles. The topological polar surface area (TPSA) is 129 Å². The summed E-state index contributed by atoms with van der Waals surface area (Å²) < 4.78 is 26.2. The molecule has 148 valence electrons. The van der Waals surface area contributed by atoms with Gasteiger partial charge in [0.2, 0.25) is 10.0 Å². The molecule has 0 spiro atoms. The molecule has 0 unspecified atom stereocenters. The quantitative estimate of drug-likeness (QED) is 0.487. The van der Waals surface area contributed by atoms with Crippen molar-refractivity contribution in [3.63, 3.8) is 0 Å². The van der Waals surface area contributed by atoms with Crippen molar-refractivity contribution < 1.29 is 13.3 Å². The number of fused-ring (bicyclic) bond motifs is 1. The molecule has 29 heavy (non-hydrogen) atoms. The average Bonchev–Trinajstić information content (AvgIpc) is 2.71. The molecular formula is C19H17N5O4S. The van der Waals surface area contributed by atoms with E-state index in [-0.39, 0.29) is 22.7 Å². The maximum Gasteiger partial charge on any atom is 0.270 e. The third-order valence-corrected chi connectivity index (χ3v) is 6.23. The molecule has 0 aliphatic carbocycles. The van der Waals surface area contributed by atoms with Gasteiger partial charge in [-0.3, -0.25) is 10.1 Å². The van der Waals surface area contributed by atoms with Gasteiger partial charge in [-0.05, 0) is 23.8 Å². The number of nitro groups is 1. The Kier molecular flexibility index (Phi) is 5.45. The lowest BCUT2D eigenvalue weighted by atomic mass is 10.1. The second kappa shape index (κ2) is 7.83. The molecule has 0 amide bonds. The summed E-state index contributed by atoms with van der Waals surface area (Å²) in [6.07, 6.45) is 0. The fraction of sp³-hybridized carbons (Fsp3) is 0.158. The third kappa shape index (κ3) is 4.01. The number of aromatic nitrogens is 1. The fourth-order valence-corrected chi connectivity index (χ4v) is 3.91. The van der Waals surface area contributed by atoms with Crippen LogP contribution in [0.3, 0.4) is 0 Å². The minimum absolute atomic E-state index is 0.126. The number of anilines is 1. The molecule has 1 aromatic heterocycles. The van der Waals surface area contributed by atoms with Crippen LogP contribution in [0.2, 0.25) is 0 Å². The molecule has 3 rings (SSSR count). The van der Waals surface area contributed by atoms with Gasteiger partial charge in [0.25, 0.3) is 5.69 Å². The SMILES string of the molecule is CN(C)S(=O)(=O)c1ccccc1CNc1cc(C#N)c2cc([N+](=O)[O-])ccc2n1. The van der Waals surface area contributed by atoms with Crippen LogP contribution in [0.15, 0.2) is 53.4 Å². The number of nitriles is 1. The summed E-state index contributed by atoms with van der Waals surface area (Å²) in [7, 11) is -0.693. The first-order valence-corrected chi connectivity index (χ1v) is 9.91. The molecule has 0 saturated carbocycles. The van der Waals surface area contributed by atoms with Crippen molar-refractivity contribution in [1.29, 1.82) is 5.26 Å². The number of nitro benzene ring substituents is 1. The van der Waals surface area contributed by atoms with Gasteiger partial charge in [0, 0.05) is 38.2 Å². The minimum Gasteiger partial charge on any atom is -0.366 e. The number of nitrogens with one attached hydrogen (secondary N) is 1. The third-order valence-electron chi connectivity index (χ3n) is 4.31. The number of non-ortho nitro benzene ring substituents is 1. The fourth-order valence-electron chi connectivity index (χ4n) is 2.79. The Balaban J connectivity index is 1.96. The van der Waals surface area contributed by atoms with Gasteiger partial charge in [0.1, 0.15) is 5.82 Å². The highest BCUT2D eigenvalue weighted by molar-refractivity contribution is 7.89. The van der Waals surface area contributed by atoms with Gasteiger partial charge in [-0.1, -0.05) is 18.2 Å². The van der Waals surface area contributed by atoms with Crippen molar-refractivity contribution in [1.82, 2.24) is 9.29 Å². The number of hydrogen-bond donors (Lipinski definition) is 1. The molecule has 2 aromatic carbocycles. The van der Waals surface area contributed by atoms with Crippen molar-refractivity contribution in [2.24, 2.45) is 0 Å². The molecule has 0 aliphatic heterocycles. The summed E-state index contributed by atoms with van der Waals surface area (Å²) in [6, 6.07) is 14.2. The Morgan fingerprint density at radius 3 is 2.59 bits per heavy atom. The highest BCUT2D eigenvalue weighted by Gasteiger charge is 2.20. The first-order chi connectivity index (χ1) is 13.7. The van der Waals surface area contributed by atoms with E-state index in [1.165, 1.54) is 44.4 Å². The maximum atomic E-state index is 12.5. The first kappa shape index (κ1) is 20.2. The molecular weight excluding hydrogens is 394 g/mol. The van der Waals surface area contributed by atoms with Crippen LogP contribution < -0.4 is 5.32 Å². The second-order valence-corrected chi connectivity index (χ2v) is 8.49. The van der Waals surface area contributed by atoms with Gasteiger partial charge in [-0.15, -0.1) is 0 Å². The largest absolute Gasteiger partial charge is 0.366 e. The molecule has 10 heteroatoms. The van der Waals surface area contributed by atoms with E-state index < -0.39 is 14.9 Å². The molecule has 3 aromatic rings. The summed E-state index contributed by atoms with van der Waals surface area (Å²) in [4.78, 5) is 15.0. The Bertz CT molecular complexity index is 1250. The standard InChI is InChI=1S/C19H17N5O4S/c1-23(2)29(27,28)18-6-4-3-5-13(18)12-21-19-9-14(11-20)16-10-15(24(25)26)7-8-17(16)22-19/h3-10H,12H2,1-2H3,(H,21,22). The summed E-state index contributed by atoms with van der Waals surface area (Å²) >= 11 is 0. The van der Waals surface area contributed by atoms with Gasteiger partial charge in [-0.25, -0.2) is 17.7 Å². The number of nitrogens with zero attached hydrogens (tertiary/aromatic N) is 4. The smallest absolute Gasteiger partial charge is 0.270 e. The Hall–Kier alpha value is -3.55. The highest BCUT2D eigenvalue weighted by Crippen LogP contribution is 2.26. The van der Waals surface area contributed by atoms with E-state index in [1.807, 2.05) is 6.07 Å². The van der Waals surface area contributed by atoms with Crippen molar-refractivity contribution in [3.8, 4) is 6.07 Å². The molecule has 0 aliphatic rings. The van der Waals surface area contributed by atoms with Crippen LogP contribution >= 0.6 is 0 Å². The normalized spacial score (nSPS) is 11.4. The number of hydrogen-bond acceptors (Lipinski definition) is 7. The number of benzene rings is 2. The Morgan fingerprint density at radius 2 is 1.93 bits per heavy atom. The lowest BCUT2D eigenvalue weighted by Crippen LogP contribution is -2.23. The summed E-state index contributed by atoms with van der Waals surface area (Å²) in [5.74, 6) is 0.361. The van der Waals surface area contributed by atoms with Crippen LogP contribution in [-0.2, 0) is 16.6 Å². The zero-order chi connectivity index (χ0) is 21.2. The average molecular weight is 411 g/mol. The van der Waals surface area contributed by atoms with Gasteiger partial charge < -0.3 is 5.32 Å². The molecule has 0 fully saturated rings. The highest BCUT2D eigenvalue weighted by atomic mass is 32.2. The van der Waals surface area contributed by atoms with E-state index in [2.05, 4.69) is 10.3 Å². The monoisotopic (exact) mass is 411 g/mol. The van der Waals surface area contributed by atoms with Crippen molar-refractivity contribution in [2.75, 3.05) is 19.4 Å². The van der Waals surface area contributed by atoms with E-state index in [4.69, 9.17) is 0 Å². The van der Waals surface area contributed by atoms with Crippen LogP contribution in [0.1, 0.15) is 11.1 Å². The molecule has 1 N–H and O–H groups in total. The van der Waals surface area contributed by atoms with Gasteiger partial charge >= 0.3 is 0 Å². The van der Waals surface area contributed by atoms with Crippen molar-refractivity contribution in [3.05, 3.63) is 69.8 Å². The maximum absolute atomic E-state index is 12.5. The van der Waals surface area contributed by atoms with E-state index in [9.17, 15) is 23.8 Å². The molecule has 9 nitrogen and oxygen atoms in total. The van der Waals surface area contributed by atoms with Crippen LogP contribution in [-0.4, -0.2) is 36.7 Å². The minimum atomic E-state index is -3.62. The van der Waals surface area contributed by atoms with E-state index in [0.717, 1.165) is 4.31 Å². The zero-order valence-corrected chi connectivity index (χ0v) is 16.5. The predicted octanol–water partition coefficient (Wildman–Crippen LogP) is 2.88. The summed E-state index contributed by atoms with van der Waals surface area (Å²) in [5.41, 5.74) is 1.08. The molecule has 1 heterocycles. The lowest BCUT2D eigenvalue weighted by molar-refractivity contribution is -0.384. The Morgan fingerprint density at radius 1 is 1.21 bits per heavy atom. The number of rotatable bonds is 6. The van der Waals surface area contributed by atoms with Crippen LogP contribution in [0.4, 0.5) is 11.5 Å². The molecule has 0 bridgehead atoms. The molecule has 0 atom stereocenters. The van der Waals surface area contributed by atoms with Gasteiger partial charge in [-0.2, -0.15) is 5.26 Å². The van der Waals surface area contributed by atoms with Gasteiger partial charge in [0.05, 0.1) is 27.0 Å². The lowest BCUT2D eigenvalue weighted by Gasteiger charge is -2.16. The summed E-state index contributed by atoms with van der Waals surface area (Å²) in [6.45, 7) is 0.166. The number of sulfonamides is 1. The Labute approximate surface area is 167 Å². The molecule has 0 radical (unpaired) electrons. The van der Waals surface area contributed by atoms with E-state index in [1.54, 1.807) is 18.2 Å². The predicted molar refractivity (Wildman–Crippen MR) is 108 cm³/mol. The van der Waals surface area contributed by atoms with Crippen LogP contribution in [0.25, 0.3) is 10.9 Å². The zero-order valence-electron chi connectivity index (χ0n) is 15.7. The van der Waals surface area contributed by atoms with Crippen molar-refractivity contribution >= 4 is 32.4 Å². The second-order valence-electron chi connectivity index (χ2n) is 6.37. The van der Waals surface area contributed by atoms with Crippen molar-refractivity contribution in [2.45, 2.75) is 11.4 Å². The van der Waals surface area contributed by atoms with Crippen LogP contribution in [0.5, 0.6) is 0 Å². The van der Waals surface area contributed by atoms with E-state index in [0.29, 0.717) is 22.3 Å². The summed E-state index contributed by atoms with van der Waals surface area (Å²) in [5, 5.41) is 23.8. The van der Waals surface area contributed by atoms with Crippen LogP contribution in [0, 0.1) is 21.4 Å². The first-order valence-electron chi connectivity index (χ1n) is 8.47. The van der Waals surface area contributed by atoms with E-state index >= 15 is 0 Å². The van der Waals surface area contributed by atoms with Gasteiger partial charge in [0.15, 0.2) is 0 Å².